The van der Waals surface area contributed by atoms with Crippen LogP contribution in [0.5, 0.6) is 0 Å². The van der Waals surface area contributed by atoms with E-state index in [1.54, 1.807) is 0 Å². The molecule has 22 heavy (non-hydrogen) atoms. The van der Waals surface area contributed by atoms with Crippen molar-refractivity contribution in [3.8, 4) is 0 Å². The van der Waals surface area contributed by atoms with Crippen molar-refractivity contribution in [2.75, 3.05) is 51.2 Å². The SMILES string of the molecule is CS[P+]1(SC)NP2(=N[P+]3(N1)SCCCN3C)SCCCN2C. The lowest BCUT2D eigenvalue weighted by Crippen LogP contribution is -2.38. The average Bonchev–Trinajstić information content (AvgIpc) is 2.53. The van der Waals surface area contributed by atoms with Gasteiger partial charge in [0.1, 0.15) is 0 Å². The zero-order chi connectivity index (χ0) is 15.8. The Balaban J connectivity index is 2.08. The van der Waals surface area contributed by atoms with Crippen molar-refractivity contribution < 1.29 is 0 Å². The fourth-order valence-electron chi connectivity index (χ4n) is 2.64. The Bertz CT molecular complexity index is 479. The fourth-order valence-corrected chi connectivity index (χ4v) is 36.4. The third kappa shape index (κ3) is 3.44. The normalized spacial score (nSPS) is 40.0. The third-order valence-corrected chi connectivity index (χ3v) is 31.5. The van der Waals surface area contributed by atoms with Crippen LogP contribution in [0.3, 0.4) is 0 Å². The van der Waals surface area contributed by atoms with Gasteiger partial charge in [0.05, 0.1) is 34.1 Å². The van der Waals surface area contributed by atoms with Crippen LogP contribution in [0, 0.1) is 0 Å². The van der Waals surface area contributed by atoms with Crippen molar-refractivity contribution in [1.29, 1.82) is 0 Å². The Morgan fingerprint density at radius 2 is 1.86 bits per heavy atom. The summed E-state index contributed by atoms with van der Waals surface area (Å²) in [6, 6.07) is 0. The molecule has 2 unspecified atom stereocenters. The fraction of sp³-hybridized carbons (Fsp3) is 1.00. The minimum absolute atomic E-state index is 1.18. The lowest BCUT2D eigenvalue weighted by atomic mass is 10.5. The highest BCUT2D eigenvalue weighted by molar-refractivity contribution is 8.95. The van der Waals surface area contributed by atoms with Gasteiger partial charge >= 0.3 is 12.9 Å². The zero-order valence-corrected chi connectivity index (χ0v) is 19.5. The van der Waals surface area contributed by atoms with E-state index >= 15 is 0 Å². The molecule has 0 aromatic heterocycles. The van der Waals surface area contributed by atoms with Gasteiger partial charge in [0.25, 0.3) is 0 Å². The largest absolute Gasteiger partial charge is 0.373 e. The van der Waals surface area contributed by atoms with Gasteiger partial charge in [0.15, 0.2) is 0 Å². The van der Waals surface area contributed by atoms with Gasteiger partial charge in [-0.05, 0) is 19.9 Å². The van der Waals surface area contributed by atoms with Crippen LogP contribution in [0.15, 0.2) is 4.52 Å². The molecule has 0 aliphatic carbocycles. The van der Waals surface area contributed by atoms with Crippen LogP contribution in [0.4, 0.5) is 0 Å². The number of hydrogen-bond acceptors (Lipinski definition) is 9. The first-order valence-electron chi connectivity index (χ1n) is 7.35. The summed E-state index contributed by atoms with van der Waals surface area (Å²) in [6.45, 7) is -0.938. The smallest absolute Gasteiger partial charge is 0.248 e. The van der Waals surface area contributed by atoms with Gasteiger partial charge in [-0.1, -0.05) is 20.8 Å². The van der Waals surface area contributed by atoms with Crippen LogP contribution >= 0.6 is 65.0 Å². The molecule has 12 heteroatoms. The molecule has 2 N–H and O–H groups in total. The Hall–Kier alpha value is 2.33. The summed E-state index contributed by atoms with van der Waals surface area (Å²) >= 11 is 8.21. The first kappa shape index (κ1) is 19.1. The number of nitrogens with zero attached hydrogens (tertiary/aromatic N) is 3. The minimum atomic E-state index is -1.64. The molecular weight excluding hydrogens is 411 g/mol. The summed E-state index contributed by atoms with van der Waals surface area (Å²) in [6.07, 6.45) is 7.08. The van der Waals surface area contributed by atoms with Gasteiger partial charge in [-0.3, -0.25) is 0 Å². The third-order valence-electron chi connectivity index (χ3n) is 4.00. The molecule has 2 atom stereocenters. The lowest BCUT2D eigenvalue weighted by molar-refractivity contribution is 0.525. The molecule has 3 rings (SSSR count). The molecule has 3 aliphatic heterocycles. The van der Waals surface area contributed by atoms with E-state index in [0.29, 0.717) is 0 Å². The Kier molecular flexibility index (Phi) is 6.53. The van der Waals surface area contributed by atoms with E-state index in [0.717, 1.165) is 0 Å². The summed E-state index contributed by atoms with van der Waals surface area (Å²) in [4.78, 5) is 8.14. The highest BCUT2D eigenvalue weighted by Crippen LogP contribution is 2.94. The van der Waals surface area contributed by atoms with Gasteiger partial charge in [0, 0.05) is 49.0 Å². The van der Waals surface area contributed by atoms with E-state index in [4.69, 9.17) is 4.52 Å². The van der Waals surface area contributed by atoms with Crippen LogP contribution < -0.4 is 9.72 Å². The van der Waals surface area contributed by atoms with Gasteiger partial charge in [0.2, 0.25) is 6.56 Å². The maximum Gasteiger partial charge on any atom is 0.373 e. The van der Waals surface area contributed by atoms with E-state index in [2.05, 4.69) is 68.4 Å². The van der Waals surface area contributed by atoms with Crippen molar-refractivity contribution in [3.05, 3.63) is 0 Å². The molecule has 3 aliphatic rings. The Morgan fingerprint density at radius 3 is 2.50 bits per heavy atom. The van der Waals surface area contributed by atoms with E-state index < -0.39 is 19.4 Å². The van der Waals surface area contributed by atoms with Gasteiger partial charge in [-0.25, -0.2) is 4.67 Å². The van der Waals surface area contributed by atoms with Crippen molar-refractivity contribution in [3.63, 3.8) is 0 Å². The first-order valence-corrected chi connectivity index (χ1v) is 19.4. The zero-order valence-electron chi connectivity index (χ0n) is 13.6. The molecule has 2 saturated heterocycles. The van der Waals surface area contributed by atoms with Gasteiger partial charge in [-0.15, -0.1) is 4.67 Å². The summed E-state index contributed by atoms with van der Waals surface area (Å²) in [5, 5.41) is 0. The van der Waals surface area contributed by atoms with Crippen molar-refractivity contribution in [2.24, 2.45) is 4.52 Å². The number of nitrogens with one attached hydrogen (secondary N) is 2. The van der Waals surface area contributed by atoms with Crippen LogP contribution in [0.25, 0.3) is 0 Å². The second-order valence-corrected chi connectivity index (χ2v) is 25.2. The minimum Gasteiger partial charge on any atom is -0.248 e. The summed E-state index contributed by atoms with van der Waals surface area (Å²) < 4.78 is 10.7. The molecule has 2 fully saturated rings. The predicted molar refractivity (Wildman–Crippen MR) is 116 cm³/mol. The standard InChI is InChI=1S/C10H26N5P3S4/c1-14-7-5-9-21-16(14)11-17(15(2)8-6-10-22-17)13-18(12-16,19-3)20-4/h12-13H,5-10H2,1-4H3/q+2. The molecule has 2 spiro atoms. The van der Waals surface area contributed by atoms with E-state index in [-0.39, 0.29) is 0 Å². The number of hydrogen-bond donors (Lipinski definition) is 2. The van der Waals surface area contributed by atoms with E-state index in [9.17, 15) is 0 Å². The van der Waals surface area contributed by atoms with Crippen LogP contribution in [-0.2, 0) is 0 Å². The summed E-state index contributed by atoms with van der Waals surface area (Å²) in [5.74, 6) is 1.00. The number of rotatable bonds is 2. The van der Waals surface area contributed by atoms with E-state index in [1.165, 1.54) is 37.4 Å². The molecule has 0 aromatic carbocycles. The molecule has 0 saturated carbocycles. The first-order chi connectivity index (χ1) is 10.5. The van der Waals surface area contributed by atoms with Gasteiger partial charge in [-0.2, -0.15) is 0 Å². The molecule has 0 aromatic rings. The quantitative estimate of drug-likeness (QED) is 0.561. The summed E-state index contributed by atoms with van der Waals surface area (Å²) in [7, 11) is 4.56. The predicted octanol–water partition coefficient (Wildman–Crippen LogP) is 5.34. The summed E-state index contributed by atoms with van der Waals surface area (Å²) in [5.41, 5.74) is 0. The maximum atomic E-state index is 5.60. The molecule has 5 nitrogen and oxygen atoms in total. The highest BCUT2D eigenvalue weighted by atomic mass is 33.1. The molecule has 0 amide bonds. The molecular formula is C10H26N5P3S4+2. The topological polar surface area (TPSA) is 42.9 Å². The van der Waals surface area contributed by atoms with E-state index in [1.807, 2.05) is 22.8 Å². The van der Waals surface area contributed by atoms with Crippen LogP contribution in [0.2, 0.25) is 0 Å². The Labute approximate surface area is 152 Å². The molecule has 3 heterocycles. The molecule has 0 bridgehead atoms. The average molecular weight is 438 g/mol. The monoisotopic (exact) mass is 437 g/mol. The second kappa shape index (κ2) is 7.52. The lowest BCUT2D eigenvalue weighted by Gasteiger charge is -2.44. The van der Waals surface area contributed by atoms with Gasteiger partial charge < -0.3 is 0 Å². The molecule has 0 radical (unpaired) electrons. The van der Waals surface area contributed by atoms with Crippen molar-refractivity contribution in [1.82, 2.24) is 19.1 Å². The molecule has 128 valence electrons. The van der Waals surface area contributed by atoms with Crippen LogP contribution in [-0.4, -0.2) is 60.5 Å². The highest BCUT2D eigenvalue weighted by Gasteiger charge is 2.67. The Morgan fingerprint density at radius 1 is 1.14 bits per heavy atom. The van der Waals surface area contributed by atoms with Crippen molar-refractivity contribution >= 4 is 65.0 Å². The van der Waals surface area contributed by atoms with Crippen LogP contribution in [0.1, 0.15) is 12.8 Å². The second-order valence-electron chi connectivity index (χ2n) is 5.43. The van der Waals surface area contributed by atoms with Crippen molar-refractivity contribution in [2.45, 2.75) is 12.8 Å². The maximum absolute atomic E-state index is 5.60.